The predicted molar refractivity (Wildman–Crippen MR) is 87.3 cm³/mol. The SMILES string of the molecule is COC(=O)c1ccccc1S(=O)(=O)N1C[C@@H]2COC[C@H](C1)N(C)C2. The summed E-state index contributed by atoms with van der Waals surface area (Å²) in [6.45, 7) is 2.60. The molecule has 2 atom stereocenters. The topological polar surface area (TPSA) is 76.2 Å². The van der Waals surface area contributed by atoms with Crippen LogP contribution in [0.25, 0.3) is 0 Å². The molecule has 8 heteroatoms. The predicted octanol–water partition coefficient (Wildman–Crippen LogP) is 0.424. The molecule has 2 aliphatic rings. The van der Waals surface area contributed by atoms with Crippen molar-refractivity contribution in [3.63, 3.8) is 0 Å². The van der Waals surface area contributed by atoms with E-state index in [1.807, 2.05) is 7.05 Å². The molecule has 0 spiro atoms. The normalized spacial score (nSPS) is 25.9. The summed E-state index contributed by atoms with van der Waals surface area (Å²) in [5.41, 5.74) is 0.0685. The molecule has 0 aliphatic carbocycles. The second-order valence-electron chi connectivity index (χ2n) is 6.31. The van der Waals surface area contributed by atoms with Crippen LogP contribution in [-0.4, -0.2) is 76.6 Å². The van der Waals surface area contributed by atoms with Crippen LogP contribution in [0.5, 0.6) is 0 Å². The van der Waals surface area contributed by atoms with Crippen molar-refractivity contribution < 1.29 is 22.7 Å². The summed E-state index contributed by atoms with van der Waals surface area (Å²) in [7, 11) is -0.551. The number of benzene rings is 1. The number of ether oxygens (including phenoxy) is 2. The van der Waals surface area contributed by atoms with Gasteiger partial charge in [-0.2, -0.15) is 4.31 Å². The second kappa shape index (κ2) is 6.79. The molecule has 0 aromatic heterocycles. The van der Waals surface area contributed by atoms with Crippen molar-refractivity contribution in [3.8, 4) is 0 Å². The molecular weight excluding hydrogens is 332 g/mol. The van der Waals surface area contributed by atoms with Gasteiger partial charge in [0.05, 0.1) is 30.8 Å². The van der Waals surface area contributed by atoms with Gasteiger partial charge < -0.3 is 9.47 Å². The van der Waals surface area contributed by atoms with E-state index in [1.54, 1.807) is 12.1 Å². The zero-order valence-electron chi connectivity index (χ0n) is 13.8. The number of esters is 1. The summed E-state index contributed by atoms with van der Waals surface area (Å²) < 4.78 is 38.2. The summed E-state index contributed by atoms with van der Waals surface area (Å²) in [6, 6.07) is 6.20. The first-order chi connectivity index (χ1) is 11.4. The van der Waals surface area contributed by atoms with Gasteiger partial charge in [-0.1, -0.05) is 12.1 Å². The number of methoxy groups -OCH3 is 1. The molecule has 2 heterocycles. The Labute approximate surface area is 142 Å². The third-order valence-electron chi connectivity index (χ3n) is 4.62. The number of fused-ring (bicyclic) bond motifs is 3. The van der Waals surface area contributed by atoms with Crippen LogP contribution in [0, 0.1) is 5.92 Å². The Bertz CT molecular complexity index is 721. The number of sulfonamides is 1. The van der Waals surface area contributed by atoms with E-state index in [0.29, 0.717) is 26.3 Å². The zero-order valence-corrected chi connectivity index (χ0v) is 14.7. The fourth-order valence-electron chi connectivity index (χ4n) is 3.31. The molecule has 2 bridgehead atoms. The van der Waals surface area contributed by atoms with Crippen LogP contribution in [0.15, 0.2) is 29.2 Å². The Morgan fingerprint density at radius 2 is 1.96 bits per heavy atom. The van der Waals surface area contributed by atoms with Gasteiger partial charge in [0, 0.05) is 31.6 Å². The van der Waals surface area contributed by atoms with Gasteiger partial charge in [-0.25, -0.2) is 13.2 Å². The van der Waals surface area contributed by atoms with E-state index in [2.05, 4.69) is 4.90 Å². The molecule has 0 saturated carbocycles. The van der Waals surface area contributed by atoms with Gasteiger partial charge in [0.2, 0.25) is 10.0 Å². The highest BCUT2D eigenvalue weighted by Gasteiger charge is 2.38. The lowest BCUT2D eigenvalue weighted by molar-refractivity contribution is 0.0595. The lowest BCUT2D eigenvalue weighted by Gasteiger charge is -2.29. The van der Waals surface area contributed by atoms with Crippen molar-refractivity contribution in [1.82, 2.24) is 9.21 Å². The largest absolute Gasteiger partial charge is 0.465 e. The molecule has 2 fully saturated rings. The minimum absolute atomic E-state index is 0.000366. The van der Waals surface area contributed by atoms with Crippen LogP contribution in [0.3, 0.4) is 0 Å². The van der Waals surface area contributed by atoms with Crippen LogP contribution >= 0.6 is 0 Å². The fraction of sp³-hybridized carbons (Fsp3) is 0.562. The summed E-state index contributed by atoms with van der Waals surface area (Å²) in [6.07, 6.45) is 0. The molecule has 0 radical (unpaired) electrons. The van der Waals surface area contributed by atoms with Crippen molar-refractivity contribution in [3.05, 3.63) is 29.8 Å². The fourth-order valence-corrected chi connectivity index (χ4v) is 5.05. The molecule has 1 aromatic carbocycles. The van der Waals surface area contributed by atoms with Crippen LogP contribution in [0.2, 0.25) is 0 Å². The molecule has 7 nitrogen and oxygen atoms in total. The number of carbonyl (C=O) groups is 1. The summed E-state index contributed by atoms with van der Waals surface area (Å²) in [5, 5.41) is 0. The Hall–Kier alpha value is -1.48. The Balaban J connectivity index is 1.98. The number of likely N-dealkylation sites (N-methyl/N-ethyl adjacent to an activating group) is 1. The van der Waals surface area contributed by atoms with Crippen LogP contribution in [0.1, 0.15) is 10.4 Å². The molecule has 2 saturated heterocycles. The first-order valence-corrected chi connectivity index (χ1v) is 9.33. The van der Waals surface area contributed by atoms with E-state index in [9.17, 15) is 13.2 Å². The van der Waals surface area contributed by atoms with Crippen molar-refractivity contribution in [2.75, 3.05) is 47.0 Å². The molecular formula is C16H22N2O5S. The molecule has 3 rings (SSSR count). The van der Waals surface area contributed by atoms with Crippen molar-refractivity contribution in [2.24, 2.45) is 5.92 Å². The quantitative estimate of drug-likeness (QED) is 0.733. The van der Waals surface area contributed by atoms with Crippen LogP contribution in [-0.2, 0) is 19.5 Å². The van der Waals surface area contributed by atoms with E-state index in [4.69, 9.17) is 9.47 Å². The average Bonchev–Trinajstić information content (AvgIpc) is 2.82. The average molecular weight is 354 g/mol. The van der Waals surface area contributed by atoms with E-state index in [0.717, 1.165) is 6.54 Å². The lowest BCUT2D eigenvalue weighted by Crippen LogP contribution is -2.44. The maximum Gasteiger partial charge on any atom is 0.339 e. The van der Waals surface area contributed by atoms with Gasteiger partial charge in [-0.05, 0) is 19.2 Å². The first kappa shape index (κ1) is 17.3. The molecule has 132 valence electrons. The number of nitrogens with zero attached hydrogens (tertiary/aromatic N) is 2. The molecule has 2 aliphatic heterocycles. The van der Waals surface area contributed by atoms with E-state index >= 15 is 0 Å². The maximum absolute atomic E-state index is 13.2. The van der Waals surface area contributed by atoms with Gasteiger partial charge in [0.25, 0.3) is 0 Å². The highest BCUT2D eigenvalue weighted by Crippen LogP contribution is 2.26. The molecule has 0 N–H and O–H groups in total. The van der Waals surface area contributed by atoms with Gasteiger partial charge in [0.1, 0.15) is 0 Å². The highest BCUT2D eigenvalue weighted by molar-refractivity contribution is 7.89. The van der Waals surface area contributed by atoms with Gasteiger partial charge in [0.15, 0.2) is 0 Å². The molecule has 0 amide bonds. The standard InChI is InChI=1S/C16H22N2O5S/c1-17-7-12-8-18(9-13(17)11-23-10-12)24(20,21)15-6-4-3-5-14(15)16(19)22-2/h3-6,12-13H,7-11H2,1-2H3/t12-,13+/m1/s1. The number of carbonyl (C=O) groups excluding carboxylic acids is 1. The summed E-state index contributed by atoms with van der Waals surface area (Å²) in [5.74, 6) is -0.535. The van der Waals surface area contributed by atoms with Crippen molar-refractivity contribution in [1.29, 1.82) is 0 Å². The van der Waals surface area contributed by atoms with Crippen molar-refractivity contribution in [2.45, 2.75) is 10.9 Å². The third-order valence-corrected chi connectivity index (χ3v) is 6.51. The van der Waals surface area contributed by atoms with Crippen LogP contribution < -0.4 is 0 Å². The van der Waals surface area contributed by atoms with Gasteiger partial charge >= 0.3 is 5.97 Å². The van der Waals surface area contributed by atoms with Crippen molar-refractivity contribution >= 4 is 16.0 Å². The minimum Gasteiger partial charge on any atom is -0.465 e. The third kappa shape index (κ3) is 3.19. The molecule has 24 heavy (non-hydrogen) atoms. The molecule has 1 aromatic rings. The second-order valence-corrected chi connectivity index (χ2v) is 8.21. The Kier molecular flexibility index (Phi) is 4.91. The Morgan fingerprint density at radius 3 is 2.71 bits per heavy atom. The minimum atomic E-state index is -3.79. The Morgan fingerprint density at radius 1 is 1.21 bits per heavy atom. The maximum atomic E-state index is 13.2. The lowest BCUT2D eigenvalue weighted by atomic mass is 10.1. The zero-order chi connectivity index (χ0) is 17.3. The van der Waals surface area contributed by atoms with Gasteiger partial charge in [-0.15, -0.1) is 0 Å². The number of hydrogen-bond acceptors (Lipinski definition) is 6. The highest BCUT2D eigenvalue weighted by atomic mass is 32.2. The van der Waals surface area contributed by atoms with E-state index in [1.165, 1.54) is 23.5 Å². The number of hydrogen-bond donors (Lipinski definition) is 0. The molecule has 0 unspecified atom stereocenters. The summed E-state index contributed by atoms with van der Waals surface area (Å²) in [4.78, 5) is 14.1. The monoisotopic (exact) mass is 354 g/mol. The van der Waals surface area contributed by atoms with E-state index < -0.39 is 16.0 Å². The smallest absolute Gasteiger partial charge is 0.339 e. The summed E-state index contributed by atoms with van der Waals surface area (Å²) >= 11 is 0. The first-order valence-electron chi connectivity index (χ1n) is 7.89. The van der Waals surface area contributed by atoms with E-state index in [-0.39, 0.29) is 22.4 Å². The number of rotatable bonds is 3. The van der Waals surface area contributed by atoms with Crippen LogP contribution in [0.4, 0.5) is 0 Å². The van der Waals surface area contributed by atoms with Gasteiger partial charge in [-0.3, -0.25) is 4.90 Å².